The van der Waals surface area contributed by atoms with E-state index in [0.29, 0.717) is 6.42 Å². The van der Waals surface area contributed by atoms with E-state index in [1.807, 2.05) is 0 Å². The van der Waals surface area contributed by atoms with E-state index in [1.165, 1.54) is 37.2 Å². The lowest BCUT2D eigenvalue weighted by Crippen LogP contribution is -2.21. The van der Waals surface area contributed by atoms with E-state index in [0.717, 1.165) is 51.5 Å². The molecule has 0 fully saturated rings. The van der Waals surface area contributed by atoms with Crippen LogP contribution < -0.4 is 0 Å². The van der Waals surface area contributed by atoms with E-state index in [-0.39, 0.29) is 0 Å². The van der Waals surface area contributed by atoms with E-state index in [1.54, 1.807) is 0 Å². The van der Waals surface area contributed by atoms with E-state index >= 15 is 0 Å². The molecule has 0 aliphatic carbocycles. The number of hydrogen-bond donors (Lipinski definition) is 1. The Bertz CT molecular complexity index is 174. The SMILES string of the molecule is CCCCCCCN(O)CCCCCCCC=O. The van der Waals surface area contributed by atoms with Crippen LogP contribution in [-0.4, -0.2) is 29.6 Å². The molecule has 0 amide bonds. The van der Waals surface area contributed by atoms with Crippen LogP contribution in [0, 0.1) is 0 Å². The highest BCUT2D eigenvalue weighted by Gasteiger charge is 2.00. The summed E-state index contributed by atoms with van der Waals surface area (Å²) < 4.78 is 0. The topological polar surface area (TPSA) is 40.5 Å². The van der Waals surface area contributed by atoms with Crippen LogP contribution in [0.2, 0.25) is 0 Å². The van der Waals surface area contributed by atoms with Crippen molar-refractivity contribution in [1.82, 2.24) is 5.06 Å². The Morgan fingerprint density at radius 3 is 1.89 bits per heavy atom. The molecule has 0 aliphatic rings. The number of nitrogens with zero attached hydrogens (tertiary/aromatic N) is 1. The lowest BCUT2D eigenvalue weighted by atomic mass is 10.1. The van der Waals surface area contributed by atoms with Gasteiger partial charge in [-0.3, -0.25) is 0 Å². The fourth-order valence-corrected chi connectivity index (χ4v) is 2.06. The molecule has 0 aromatic rings. The minimum absolute atomic E-state index is 0.698. The lowest BCUT2D eigenvalue weighted by molar-refractivity contribution is -0.107. The smallest absolute Gasteiger partial charge is 0.119 e. The maximum Gasteiger partial charge on any atom is 0.119 e. The van der Waals surface area contributed by atoms with Gasteiger partial charge in [-0.2, -0.15) is 5.06 Å². The van der Waals surface area contributed by atoms with Gasteiger partial charge in [0.25, 0.3) is 0 Å². The summed E-state index contributed by atoms with van der Waals surface area (Å²) in [5.74, 6) is 0. The number of hydrogen-bond acceptors (Lipinski definition) is 3. The maximum absolute atomic E-state index is 10.1. The quantitative estimate of drug-likeness (QED) is 0.288. The zero-order valence-electron chi connectivity index (χ0n) is 12.1. The Hall–Kier alpha value is -0.410. The number of carbonyl (C=O) groups excluding carboxylic acids is 1. The highest BCUT2D eigenvalue weighted by Crippen LogP contribution is 2.06. The predicted octanol–water partition coefficient (Wildman–Crippen LogP) is 4.19. The van der Waals surface area contributed by atoms with E-state index < -0.39 is 0 Å². The van der Waals surface area contributed by atoms with Crippen LogP contribution >= 0.6 is 0 Å². The molecule has 0 saturated heterocycles. The highest BCUT2D eigenvalue weighted by molar-refractivity contribution is 5.48. The zero-order valence-corrected chi connectivity index (χ0v) is 12.1. The van der Waals surface area contributed by atoms with Gasteiger partial charge in [0.2, 0.25) is 0 Å². The zero-order chi connectivity index (χ0) is 13.5. The molecule has 0 spiro atoms. The van der Waals surface area contributed by atoms with E-state index in [2.05, 4.69) is 6.92 Å². The lowest BCUT2D eigenvalue weighted by Gasteiger charge is -2.14. The molecule has 3 heteroatoms. The fourth-order valence-electron chi connectivity index (χ4n) is 2.06. The molecule has 0 aromatic carbocycles. The molecule has 0 unspecified atom stereocenters. The first-order chi connectivity index (χ1) is 8.81. The maximum atomic E-state index is 10.1. The molecule has 1 N–H and O–H groups in total. The minimum Gasteiger partial charge on any atom is -0.314 e. The number of unbranched alkanes of at least 4 members (excludes halogenated alkanes) is 9. The molecular formula is C15H31NO2. The molecule has 18 heavy (non-hydrogen) atoms. The van der Waals surface area contributed by atoms with Gasteiger partial charge < -0.3 is 10.0 Å². The third kappa shape index (κ3) is 13.7. The highest BCUT2D eigenvalue weighted by atomic mass is 16.5. The molecule has 0 saturated carbocycles. The normalized spacial score (nSPS) is 11.1. The molecule has 0 bridgehead atoms. The Morgan fingerprint density at radius 1 is 0.833 bits per heavy atom. The third-order valence-electron chi connectivity index (χ3n) is 3.26. The summed E-state index contributed by atoms with van der Waals surface area (Å²) in [6, 6.07) is 0. The molecule has 0 aliphatic heterocycles. The first-order valence-electron chi connectivity index (χ1n) is 7.68. The van der Waals surface area contributed by atoms with Crippen molar-refractivity contribution in [3.8, 4) is 0 Å². The van der Waals surface area contributed by atoms with Crippen LogP contribution in [0.3, 0.4) is 0 Å². The summed E-state index contributed by atoms with van der Waals surface area (Å²) in [4.78, 5) is 10.1. The minimum atomic E-state index is 0.698. The Morgan fingerprint density at radius 2 is 1.33 bits per heavy atom. The molecule has 3 nitrogen and oxygen atoms in total. The third-order valence-corrected chi connectivity index (χ3v) is 3.26. The van der Waals surface area contributed by atoms with Gasteiger partial charge in [-0.05, 0) is 19.3 Å². The van der Waals surface area contributed by atoms with Crippen LogP contribution in [0.25, 0.3) is 0 Å². The van der Waals surface area contributed by atoms with Crippen molar-refractivity contribution in [1.29, 1.82) is 0 Å². The molecule has 0 atom stereocenters. The van der Waals surface area contributed by atoms with E-state index in [9.17, 15) is 10.0 Å². The van der Waals surface area contributed by atoms with Crippen molar-refractivity contribution >= 4 is 6.29 Å². The van der Waals surface area contributed by atoms with Crippen molar-refractivity contribution in [2.75, 3.05) is 13.1 Å². The summed E-state index contributed by atoms with van der Waals surface area (Å²) in [6.45, 7) is 3.82. The van der Waals surface area contributed by atoms with Gasteiger partial charge in [0.15, 0.2) is 0 Å². The van der Waals surface area contributed by atoms with Gasteiger partial charge in [-0.25, -0.2) is 0 Å². The molecule has 108 valence electrons. The summed E-state index contributed by atoms with van der Waals surface area (Å²) in [5.41, 5.74) is 0. The summed E-state index contributed by atoms with van der Waals surface area (Å²) in [7, 11) is 0. The predicted molar refractivity (Wildman–Crippen MR) is 75.9 cm³/mol. The fraction of sp³-hybridized carbons (Fsp3) is 0.933. The van der Waals surface area contributed by atoms with Gasteiger partial charge in [0, 0.05) is 19.5 Å². The number of carbonyl (C=O) groups is 1. The largest absolute Gasteiger partial charge is 0.314 e. The van der Waals surface area contributed by atoms with Gasteiger partial charge >= 0.3 is 0 Å². The molecule has 0 aromatic heterocycles. The summed E-state index contributed by atoms with van der Waals surface area (Å²) >= 11 is 0. The van der Waals surface area contributed by atoms with Crippen LogP contribution in [0.4, 0.5) is 0 Å². The summed E-state index contributed by atoms with van der Waals surface area (Å²) in [5, 5.41) is 11.1. The second-order valence-corrected chi connectivity index (χ2v) is 5.09. The second-order valence-electron chi connectivity index (χ2n) is 5.09. The van der Waals surface area contributed by atoms with Gasteiger partial charge in [-0.15, -0.1) is 0 Å². The number of hydroxylamine groups is 2. The van der Waals surface area contributed by atoms with Crippen LogP contribution in [0.15, 0.2) is 0 Å². The van der Waals surface area contributed by atoms with Crippen molar-refractivity contribution < 1.29 is 10.0 Å². The van der Waals surface area contributed by atoms with E-state index in [4.69, 9.17) is 0 Å². The van der Waals surface area contributed by atoms with Gasteiger partial charge in [-0.1, -0.05) is 51.9 Å². The average Bonchev–Trinajstić information content (AvgIpc) is 2.37. The molecule has 0 rings (SSSR count). The van der Waals surface area contributed by atoms with Crippen molar-refractivity contribution in [3.63, 3.8) is 0 Å². The Balaban J connectivity index is 3.11. The Kier molecular flexibility index (Phi) is 14.3. The van der Waals surface area contributed by atoms with Crippen molar-refractivity contribution in [2.24, 2.45) is 0 Å². The Labute approximate surface area is 113 Å². The number of rotatable bonds is 14. The van der Waals surface area contributed by atoms with Gasteiger partial charge in [0.05, 0.1) is 0 Å². The monoisotopic (exact) mass is 257 g/mol. The van der Waals surface area contributed by atoms with Crippen molar-refractivity contribution in [3.05, 3.63) is 0 Å². The average molecular weight is 257 g/mol. The van der Waals surface area contributed by atoms with Crippen LogP contribution in [0.5, 0.6) is 0 Å². The first kappa shape index (κ1) is 17.6. The van der Waals surface area contributed by atoms with Crippen LogP contribution in [-0.2, 0) is 4.79 Å². The first-order valence-corrected chi connectivity index (χ1v) is 7.68. The van der Waals surface area contributed by atoms with Crippen molar-refractivity contribution in [2.45, 2.75) is 77.6 Å². The standard InChI is InChI=1S/C15H31NO2/c1-2-3-4-7-10-13-16(18)14-11-8-5-6-9-12-15-17/h15,18H,2-14H2,1H3. The molecule has 0 heterocycles. The van der Waals surface area contributed by atoms with Crippen LogP contribution in [0.1, 0.15) is 77.6 Å². The second kappa shape index (κ2) is 14.7. The molecular weight excluding hydrogens is 226 g/mol. The summed E-state index contributed by atoms with van der Waals surface area (Å²) in [6.07, 6.45) is 13.5. The van der Waals surface area contributed by atoms with Gasteiger partial charge in [0.1, 0.15) is 6.29 Å². The molecule has 0 radical (unpaired) electrons. The number of aldehydes is 1.